The van der Waals surface area contributed by atoms with Gasteiger partial charge in [0.05, 0.1) is 0 Å². The van der Waals surface area contributed by atoms with Gasteiger partial charge in [0, 0.05) is 11.4 Å². The van der Waals surface area contributed by atoms with Gasteiger partial charge < -0.3 is 9.47 Å². The van der Waals surface area contributed by atoms with Gasteiger partial charge in [0.25, 0.3) is 0 Å². The van der Waals surface area contributed by atoms with Crippen molar-refractivity contribution in [2.75, 3.05) is 6.61 Å². The van der Waals surface area contributed by atoms with Crippen molar-refractivity contribution in [3.8, 4) is 17.2 Å². The third-order valence-corrected chi connectivity index (χ3v) is 5.68. The Labute approximate surface area is 173 Å². The molecule has 0 N–H and O–H groups in total. The quantitative estimate of drug-likeness (QED) is 0.437. The lowest BCUT2D eigenvalue weighted by atomic mass is 10.2. The number of hydrogen-bond acceptors (Lipinski definition) is 5. The van der Waals surface area contributed by atoms with Gasteiger partial charge in [-0.3, -0.25) is 4.57 Å². The molecule has 3 aromatic carbocycles. The molecule has 0 saturated heterocycles. The van der Waals surface area contributed by atoms with Crippen molar-refractivity contribution in [2.45, 2.75) is 17.0 Å². The molecule has 1 aromatic heterocycles. The number of para-hydroxylation sites is 3. The highest BCUT2D eigenvalue weighted by Crippen LogP contribution is 2.37. The first-order valence-electron chi connectivity index (χ1n) is 9.44. The first-order chi connectivity index (χ1) is 14.4. The van der Waals surface area contributed by atoms with Crippen LogP contribution in [0.5, 0.6) is 11.5 Å². The number of rotatable bonds is 5. The zero-order valence-electron chi connectivity index (χ0n) is 15.6. The summed E-state index contributed by atoms with van der Waals surface area (Å²) in [5.41, 5.74) is 2.25. The van der Waals surface area contributed by atoms with Crippen molar-refractivity contribution in [3.63, 3.8) is 0 Å². The predicted octanol–water partition coefficient (Wildman–Crippen LogP) is 5.07. The zero-order valence-corrected chi connectivity index (χ0v) is 16.5. The van der Waals surface area contributed by atoms with E-state index in [2.05, 4.69) is 39.0 Å². The largest absolute Gasteiger partial charge is 0.485 e. The molecule has 29 heavy (non-hydrogen) atoms. The topological polar surface area (TPSA) is 49.2 Å². The molecule has 0 radical (unpaired) electrons. The molecule has 2 heterocycles. The number of aromatic nitrogens is 3. The Balaban J connectivity index is 1.48. The highest BCUT2D eigenvalue weighted by molar-refractivity contribution is 7.98. The molecular weight excluding hydrogens is 382 g/mol. The summed E-state index contributed by atoms with van der Waals surface area (Å²) in [7, 11) is 0. The zero-order chi connectivity index (χ0) is 19.5. The van der Waals surface area contributed by atoms with E-state index < -0.39 is 0 Å². The lowest BCUT2D eigenvalue weighted by molar-refractivity contribution is 0.0835. The van der Waals surface area contributed by atoms with Gasteiger partial charge in [0.1, 0.15) is 6.61 Å². The van der Waals surface area contributed by atoms with Crippen LogP contribution in [-0.4, -0.2) is 21.4 Å². The Hall–Kier alpha value is -3.25. The number of fused-ring (bicyclic) bond motifs is 1. The third kappa shape index (κ3) is 3.71. The van der Waals surface area contributed by atoms with Crippen LogP contribution >= 0.6 is 11.8 Å². The molecule has 1 aliphatic rings. The van der Waals surface area contributed by atoms with Crippen LogP contribution < -0.4 is 9.47 Å². The smallest absolute Gasteiger partial charge is 0.196 e. The van der Waals surface area contributed by atoms with E-state index in [0.29, 0.717) is 6.61 Å². The van der Waals surface area contributed by atoms with E-state index in [0.717, 1.165) is 33.9 Å². The van der Waals surface area contributed by atoms with E-state index in [1.54, 1.807) is 11.8 Å². The average Bonchev–Trinajstić information content (AvgIpc) is 3.22. The molecule has 1 aliphatic heterocycles. The van der Waals surface area contributed by atoms with Crippen LogP contribution in [0.25, 0.3) is 5.69 Å². The normalized spacial score (nSPS) is 15.2. The maximum Gasteiger partial charge on any atom is 0.196 e. The Kier molecular flexibility index (Phi) is 4.92. The number of benzene rings is 3. The van der Waals surface area contributed by atoms with Crippen LogP contribution in [0.2, 0.25) is 0 Å². The number of nitrogens with zero attached hydrogens (tertiary/aromatic N) is 3. The molecule has 1 atom stereocenters. The van der Waals surface area contributed by atoms with Gasteiger partial charge in [-0.15, -0.1) is 10.2 Å². The van der Waals surface area contributed by atoms with Crippen LogP contribution in [0.3, 0.4) is 0 Å². The number of hydrogen-bond donors (Lipinski definition) is 0. The second-order valence-corrected chi connectivity index (χ2v) is 7.59. The second kappa shape index (κ2) is 8.01. The standard InChI is InChI=1S/C23H19N3O2S/c1-3-9-17(10-4-1)16-29-23-25-24-22(26(23)18-11-5-2-6-12-18)21-15-27-19-13-7-8-14-20(19)28-21/h1-14,21H,15-16H2/t21-/m0/s1. The van der Waals surface area contributed by atoms with Gasteiger partial charge in [-0.05, 0) is 29.8 Å². The molecule has 6 heteroatoms. The molecule has 0 aliphatic carbocycles. The van der Waals surface area contributed by atoms with Crippen molar-refractivity contribution in [3.05, 3.63) is 96.3 Å². The summed E-state index contributed by atoms with van der Waals surface area (Å²) in [6.45, 7) is 0.394. The van der Waals surface area contributed by atoms with Crippen LogP contribution in [0.4, 0.5) is 0 Å². The maximum atomic E-state index is 6.20. The van der Waals surface area contributed by atoms with E-state index in [4.69, 9.17) is 9.47 Å². The van der Waals surface area contributed by atoms with Crippen molar-refractivity contribution in [2.24, 2.45) is 0 Å². The fourth-order valence-electron chi connectivity index (χ4n) is 3.27. The third-order valence-electron chi connectivity index (χ3n) is 4.68. The number of thioether (sulfide) groups is 1. The summed E-state index contributed by atoms with van der Waals surface area (Å²) < 4.78 is 14.2. The molecule has 0 bridgehead atoms. The molecule has 0 spiro atoms. The molecular formula is C23H19N3O2S. The van der Waals surface area contributed by atoms with Crippen LogP contribution in [-0.2, 0) is 5.75 Å². The lowest BCUT2D eigenvalue weighted by Gasteiger charge is -2.26. The van der Waals surface area contributed by atoms with Crippen molar-refractivity contribution >= 4 is 11.8 Å². The maximum absolute atomic E-state index is 6.20. The predicted molar refractivity (Wildman–Crippen MR) is 113 cm³/mol. The Morgan fingerprint density at radius 1 is 0.828 bits per heavy atom. The highest BCUT2D eigenvalue weighted by Gasteiger charge is 2.29. The van der Waals surface area contributed by atoms with Gasteiger partial charge in [-0.25, -0.2) is 0 Å². The fraction of sp³-hybridized carbons (Fsp3) is 0.130. The Morgan fingerprint density at radius 3 is 2.31 bits per heavy atom. The van der Waals surface area contributed by atoms with E-state index in [1.165, 1.54) is 5.56 Å². The minimum atomic E-state index is -0.330. The molecule has 0 amide bonds. The monoisotopic (exact) mass is 401 g/mol. The molecule has 5 rings (SSSR count). The van der Waals surface area contributed by atoms with Gasteiger partial charge in [0.15, 0.2) is 28.6 Å². The van der Waals surface area contributed by atoms with E-state index in [9.17, 15) is 0 Å². The highest BCUT2D eigenvalue weighted by atomic mass is 32.2. The van der Waals surface area contributed by atoms with Crippen molar-refractivity contribution in [1.82, 2.24) is 14.8 Å². The first-order valence-corrected chi connectivity index (χ1v) is 10.4. The second-order valence-electron chi connectivity index (χ2n) is 6.65. The summed E-state index contributed by atoms with van der Waals surface area (Å²) in [6.07, 6.45) is -0.330. The summed E-state index contributed by atoms with van der Waals surface area (Å²) in [5.74, 6) is 3.04. The van der Waals surface area contributed by atoms with Gasteiger partial charge in [-0.1, -0.05) is 72.4 Å². The Morgan fingerprint density at radius 2 is 1.52 bits per heavy atom. The lowest BCUT2D eigenvalue weighted by Crippen LogP contribution is -2.24. The van der Waals surface area contributed by atoms with Crippen LogP contribution in [0.1, 0.15) is 17.5 Å². The van der Waals surface area contributed by atoms with Crippen molar-refractivity contribution < 1.29 is 9.47 Å². The van der Waals surface area contributed by atoms with Crippen molar-refractivity contribution in [1.29, 1.82) is 0 Å². The summed E-state index contributed by atoms with van der Waals surface area (Å²) in [4.78, 5) is 0. The summed E-state index contributed by atoms with van der Waals surface area (Å²) in [6, 6.07) is 28.2. The first kappa shape index (κ1) is 17.8. The fourth-order valence-corrected chi connectivity index (χ4v) is 4.19. The van der Waals surface area contributed by atoms with Gasteiger partial charge >= 0.3 is 0 Å². The summed E-state index contributed by atoms with van der Waals surface area (Å²) in [5, 5.41) is 9.80. The molecule has 0 unspecified atom stereocenters. The molecule has 4 aromatic rings. The molecule has 0 fully saturated rings. The molecule has 144 valence electrons. The summed E-state index contributed by atoms with van der Waals surface area (Å²) >= 11 is 1.66. The average molecular weight is 401 g/mol. The van der Waals surface area contributed by atoms with Crippen LogP contribution in [0.15, 0.2) is 90.1 Å². The van der Waals surface area contributed by atoms with E-state index in [-0.39, 0.29) is 6.10 Å². The van der Waals surface area contributed by atoms with Gasteiger partial charge in [0.2, 0.25) is 0 Å². The SMILES string of the molecule is c1ccc(CSc2nnc([C@@H]3COc4ccccc4O3)n2-c2ccccc2)cc1. The minimum absolute atomic E-state index is 0.330. The molecule has 5 nitrogen and oxygen atoms in total. The van der Waals surface area contributed by atoms with E-state index in [1.807, 2.05) is 60.7 Å². The van der Waals surface area contributed by atoms with Gasteiger partial charge in [-0.2, -0.15) is 0 Å². The van der Waals surface area contributed by atoms with E-state index >= 15 is 0 Å². The molecule has 0 saturated carbocycles. The minimum Gasteiger partial charge on any atom is -0.485 e. The van der Waals surface area contributed by atoms with Crippen LogP contribution in [0, 0.1) is 0 Å². The Bertz CT molecular complexity index is 1100. The number of ether oxygens (including phenoxy) is 2.